The number of benzene rings is 1. The van der Waals surface area contributed by atoms with Gasteiger partial charge >= 0.3 is 5.97 Å². The lowest BCUT2D eigenvalue weighted by Gasteiger charge is -2.59. The third-order valence-electron chi connectivity index (χ3n) is 15.7. The number of esters is 1. The van der Waals surface area contributed by atoms with E-state index in [0.717, 1.165) is 44.1 Å². The van der Waals surface area contributed by atoms with E-state index < -0.39 is 78.0 Å². The summed E-state index contributed by atoms with van der Waals surface area (Å²) in [6.45, 7) is 11.9. The third kappa shape index (κ3) is 8.40. The van der Waals surface area contributed by atoms with Crippen LogP contribution in [-0.2, 0) is 33.3 Å². The van der Waals surface area contributed by atoms with Gasteiger partial charge in [0.2, 0.25) is 0 Å². The van der Waals surface area contributed by atoms with Gasteiger partial charge in [0.05, 0.1) is 31.5 Å². The average molecular weight is 825 g/mol. The SMILES string of the molecule is CC(C)CCC(=O)[C@@H](C)[C@@]1(O)[C@@H](OC2OCC(O)C(OC3OCC(O)C(O)C3OC(=O)/C=C/c3ccccc3)C2C)C[C@H]2[C@@H]3CC=C4C[C@@H](O)CC[C@]4(C)C3CC[C@@]21C. The molecule has 0 radical (unpaired) electrons. The lowest BCUT2D eigenvalue weighted by molar-refractivity contribution is -0.334. The molecule has 5 fully saturated rings. The molecule has 0 aromatic heterocycles. The number of aliphatic hydroxyl groups excluding tert-OH is 4. The highest BCUT2D eigenvalue weighted by atomic mass is 16.7. The molecule has 6 aliphatic rings. The Hall–Kier alpha value is -2.52. The van der Waals surface area contributed by atoms with Crippen molar-refractivity contribution < 1.29 is 58.8 Å². The third-order valence-corrected chi connectivity index (χ3v) is 15.7. The Kier molecular flexibility index (Phi) is 13.4. The first-order valence-electron chi connectivity index (χ1n) is 22.1. The number of fused-ring (bicyclic) bond motifs is 5. The summed E-state index contributed by atoms with van der Waals surface area (Å²) < 4.78 is 30.9. The van der Waals surface area contributed by atoms with Gasteiger partial charge in [0, 0.05) is 29.7 Å². The molecule has 7 rings (SSSR count). The van der Waals surface area contributed by atoms with Gasteiger partial charge < -0.3 is 49.2 Å². The fourth-order valence-electron chi connectivity index (χ4n) is 12.0. The Morgan fingerprint density at radius 2 is 1.63 bits per heavy atom. The Bertz CT molecular complexity index is 1700. The quantitative estimate of drug-likeness (QED) is 0.107. The zero-order valence-electron chi connectivity index (χ0n) is 35.7. The van der Waals surface area contributed by atoms with E-state index in [1.165, 1.54) is 11.6 Å². The summed E-state index contributed by atoms with van der Waals surface area (Å²) in [5, 5.41) is 56.6. The van der Waals surface area contributed by atoms with E-state index in [9.17, 15) is 35.1 Å². The Labute approximate surface area is 349 Å². The number of aliphatic hydroxyl groups is 5. The maximum absolute atomic E-state index is 14.1. The molecule has 0 amide bonds. The van der Waals surface area contributed by atoms with E-state index in [2.05, 4.69) is 33.8 Å². The van der Waals surface area contributed by atoms with E-state index in [1.54, 1.807) is 13.0 Å². The highest BCUT2D eigenvalue weighted by Gasteiger charge is 2.70. The first kappa shape index (κ1) is 44.5. The van der Waals surface area contributed by atoms with Crippen LogP contribution in [0.5, 0.6) is 0 Å². The van der Waals surface area contributed by atoms with Crippen LogP contribution in [0.15, 0.2) is 48.1 Å². The van der Waals surface area contributed by atoms with Crippen LogP contribution in [0.25, 0.3) is 6.08 Å². The lowest BCUT2D eigenvalue weighted by atomic mass is 9.46. The van der Waals surface area contributed by atoms with E-state index in [0.29, 0.717) is 31.1 Å². The average Bonchev–Trinajstić information content (AvgIpc) is 3.44. The smallest absolute Gasteiger partial charge is 0.331 e. The summed E-state index contributed by atoms with van der Waals surface area (Å²) in [6.07, 6.45) is 1.91. The van der Waals surface area contributed by atoms with Crippen molar-refractivity contribution in [1.29, 1.82) is 0 Å². The first-order valence-corrected chi connectivity index (χ1v) is 22.1. The van der Waals surface area contributed by atoms with Gasteiger partial charge in [0.15, 0.2) is 18.7 Å². The Morgan fingerprint density at radius 1 is 0.915 bits per heavy atom. The number of hydrogen-bond acceptors (Lipinski definition) is 12. The largest absolute Gasteiger partial charge is 0.451 e. The summed E-state index contributed by atoms with van der Waals surface area (Å²) >= 11 is 0. The minimum atomic E-state index is -1.52. The monoisotopic (exact) mass is 824 g/mol. The fraction of sp³-hybridized carbons (Fsp3) is 0.745. The second-order valence-corrected chi connectivity index (χ2v) is 19.6. The van der Waals surface area contributed by atoms with Crippen LogP contribution in [0, 0.1) is 46.3 Å². The molecule has 5 N–H and O–H groups in total. The molecule has 0 spiro atoms. The Morgan fingerprint density at radius 3 is 2.36 bits per heavy atom. The van der Waals surface area contributed by atoms with E-state index >= 15 is 0 Å². The number of hydrogen-bond donors (Lipinski definition) is 5. The zero-order valence-corrected chi connectivity index (χ0v) is 35.7. The fourth-order valence-corrected chi connectivity index (χ4v) is 12.0. The van der Waals surface area contributed by atoms with Gasteiger partial charge in [-0.25, -0.2) is 4.79 Å². The van der Waals surface area contributed by atoms with Gasteiger partial charge in [-0.05, 0) is 92.1 Å². The lowest BCUT2D eigenvalue weighted by Crippen LogP contribution is -2.62. The van der Waals surface area contributed by atoms with Crippen LogP contribution in [-0.4, -0.2) is 111 Å². The molecule has 1 aromatic rings. The van der Waals surface area contributed by atoms with Crippen LogP contribution < -0.4 is 0 Å². The molecule has 17 atom stereocenters. The highest BCUT2D eigenvalue weighted by Crippen LogP contribution is 2.69. The number of rotatable bonds is 12. The molecule has 2 aliphatic heterocycles. The zero-order chi connectivity index (χ0) is 42.4. The van der Waals surface area contributed by atoms with E-state index in [-0.39, 0.29) is 42.4 Å². The molecule has 1 aromatic carbocycles. The topological polar surface area (TPSA) is 181 Å². The molecule has 12 heteroatoms. The molecule has 2 saturated heterocycles. The number of carbonyl (C=O) groups is 2. The Balaban J connectivity index is 1.12. The molecule has 9 unspecified atom stereocenters. The van der Waals surface area contributed by atoms with Gasteiger partial charge in [-0.15, -0.1) is 0 Å². The minimum absolute atomic E-state index is 0.0153. The van der Waals surface area contributed by atoms with Crippen molar-refractivity contribution in [2.45, 2.75) is 160 Å². The van der Waals surface area contributed by atoms with Gasteiger partial charge in [-0.1, -0.05) is 83.5 Å². The van der Waals surface area contributed by atoms with Crippen molar-refractivity contribution >= 4 is 17.8 Å². The second kappa shape index (κ2) is 17.7. The first-order chi connectivity index (χ1) is 28.0. The van der Waals surface area contributed by atoms with Crippen LogP contribution in [0.1, 0.15) is 105 Å². The molecule has 12 nitrogen and oxygen atoms in total. The van der Waals surface area contributed by atoms with Crippen LogP contribution in [0.4, 0.5) is 0 Å². The molecule has 3 saturated carbocycles. The molecule has 2 heterocycles. The molecule has 59 heavy (non-hydrogen) atoms. The van der Waals surface area contributed by atoms with Gasteiger partial charge in [0.25, 0.3) is 0 Å². The van der Waals surface area contributed by atoms with E-state index in [1.807, 2.05) is 37.3 Å². The van der Waals surface area contributed by atoms with Crippen molar-refractivity contribution in [3.05, 3.63) is 53.6 Å². The molecular formula is C47H68O12. The summed E-state index contributed by atoms with van der Waals surface area (Å²) in [7, 11) is 0. The van der Waals surface area contributed by atoms with Crippen molar-refractivity contribution in [1.82, 2.24) is 0 Å². The number of ether oxygens (including phenoxy) is 5. The molecule has 0 bridgehead atoms. The molecule has 328 valence electrons. The second-order valence-electron chi connectivity index (χ2n) is 19.6. The number of carbonyl (C=O) groups excluding carboxylic acids is 2. The molecular weight excluding hydrogens is 757 g/mol. The standard InChI is InChI=1S/C47H68O12/c1-26(2)12-16-35(49)28(4)47(54)38(23-34-32-15-14-30-22-31(48)18-20-45(30,5)33(32)19-21-46(34,47)6)57-43-27(3)41(37(51)25-55-43)59-44-42(40(53)36(50)24-56-44)58-39(52)17-13-29-10-8-7-9-11-29/h7-11,13-14,17,26-28,31-34,36-38,40-44,48,50-51,53-54H,12,15-16,18-25H2,1-6H3/b17-13+/t27?,28-,31+,32-,33?,34+,36?,37?,38+,40?,41?,42?,43?,44?,45+,46+,47-/m1/s1. The summed E-state index contributed by atoms with van der Waals surface area (Å²) in [4.78, 5) is 27.0. The maximum atomic E-state index is 14.1. The number of ketones is 1. The summed E-state index contributed by atoms with van der Waals surface area (Å²) in [5.41, 5.74) is -0.0372. The number of allylic oxidation sites excluding steroid dienone is 1. The maximum Gasteiger partial charge on any atom is 0.331 e. The normalized spacial score (nSPS) is 44.0. The summed E-state index contributed by atoms with van der Waals surface area (Å²) in [6, 6.07) is 9.16. The predicted molar refractivity (Wildman–Crippen MR) is 218 cm³/mol. The van der Waals surface area contributed by atoms with Crippen LogP contribution >= 0.6 is 0 Å². The summed E-state index contributed by atoms with van der Waals surface area (Å²) in [5.74, 6) is -1.06. The van der Waals surface area contributed by atoms with Crippen LogP contribution in [0.3, 0.4) is 0 Å². The molecule has 4 aliphatic carbocycles. The van der Waals surface area contributed by atoms with E-state index in [4.69, 9.17) is 23.7 Å². The van der Waals surface area contributed by atoms with Gasteiger partial charge in [-0.2, -0.15) is 0 Å². The van der Waals surface area contributed by atoms with Crippen molar-refractivity contribution in [3.63, 3.8) is 0 Å². The number of Topliss-reactive ketones (excluding diaryl/α,β-unsaturated/α-hetero) is 1. The van der Waals surface area contributed by atoms with Crippen LogP contribution in [0.2, 0.25) is 0 Å². The highest BCUT2D eigenvalue weighted by molar-refractivity contribution is 5.87. The predicted octanol–water partition coefficient (Wildman–Crippen LogP) is 5.12. The minimum Gasteiger partial charge on any atom is -0.451 e. The van der Waals surface area contributed by atoms with Crippen molar-refractivity contribution in [2.24, 2.45) is 46.3 Å². The van der Waals surface area contributed by atoms with Gasteiger partial charge in [-0.3, -0.25) is 4.79 Å². The van der Waals surface area contributed by atoms with Crippen molar-refractivity contribution in [2.75, 3.05) is 13.2 Å². The van der Waals surface area contributed by atoms with Crippen molar-refractivity contribution in [3.8, 4) is 0 Å². The van der Waals surface area contributed by atoms with Gasteiger partial charge in [0.1, 0.15) is 29.7 Å².